The summed E-state index contributed by atoms with van der Waals surface area (Å²) in [6.07, 6.45) is 9.41. The highest BCUT2D eigenvalue weighted by molar-refractivity contribution is 5.90. The van der Waals surface area contributed by atoms with Crippen LogP contribution in [0.2, 0.25) is 0 Å². The van der Waals surface area contributed by atoms with Crippen LogP contribution in [0.15, 0.2) is 61.1 Å². The van der Waals surface area contributed by atoms with E-state index < -0.39 is 0 Å². The van der Waals surface area contributed by atoms with Crippen LogP contribution in [-0.2, 0) is 6.54 Å². The molecule has 0 spiro atoms. The number of anilines is 2. The standard InChI is InChI=1S/C28H30N6/c1-20-25-11-12-32-27(25)10-9-26(20)33-28-23(18-31-19-24(28)16-29)8-7-21-5-4-6-22(15-21)17-30-13-14-34(2)3/h4-12,15,18-19,30,32H,13-14,17H2,1-3H3,(H,31,33)/b8-7+. The normalized spacial score (nSPS) is 11.4. The van der Waals surface area contributed by atoms with Gasteiger partial charge >= 0.3 is 0 Å². The molecule has 0 aliphatic heterocycles. The third-order valence-corrected chi connectivity index (χ3v) is 5.83. The van der Waals surface area contributed by atoms with Crippen LogP contribution in [0.1, 0.15) is 27.8 Å². The van der Waals surface area contributed by atoms with Crippen molar-refractivity contribution < 1.29 is 0 Å². The molecule has 3 N–H and O–H groups in total. The molecule has 6 nitrogen and oxygen atoms in total. The van der Waals surface area contributed by atoms with Gasteiger partial charge in [-0.15, -0.1) is 0 Å². The van der Waals surface area contributed by atoms with Crippen LogP contribution in [0.5, 0.6) is 0 Å². The minimum absolute atomic E-state index is 0.509. The molecule has 0 bridgehead atoms. The number of fused-ring (bicyclic) bond motifs is 1. The van der Waals surface area contributed by atoms with E-state index in [0.29, 0.717) is 5.56 Å². The fraction of sp³-hybridized carbons (Fsp3) is 0.214. The van der Waals surface area contributed by atoms with Crippen molar-refractivity contribution in [2.75, 3.05) is 32.5 Å². The van der Waals surface area contributed by atoms with Gasteiger partial charge in [0.25, 0.3) is 0 Å². The number of hydrogen-bond donors (Lipinski definition) is 3. The van der Waals surface area contributed by atoms with E-state index in [1.165, 1.54) is 5.56 Å². The Bertz CT molecular complexity index is 1340. The molecule has 2 heterocycles. The highest BCUT2D eigenvalue weighted by Crippen LogP contribution is 2.31. The van der Waals surface area contributed by atoms with Gasteiger partial charge in [-0.25, -0.2) is 0 Å². The molecule has 0 saturated carbocycles. The molecule has 2 aromatic carbocycles. The molecule has 4 aromatic rings. The van der Waals surface area contributed by atoms with Gasteiger partial charge in [-0.2, -0.15) is 5.26 Å². The predicted octanol–water partition coefficient (Wildman–Crippen LogP) is 5.31. The summed E-state index contributed by atoms with van der Waals surface area (Å²) in [6, 6.07) is 16.9. The molecule has 0 radical (unpaired) electrons. The number of aromatic amines is 1. The molecule has 34 heavy (non-hydrogen) atoms. The van der Waals surface area contributed by atoms with E-state index >= 15 is 0 Å². The average Bonchev–Trinajstić information content (AvgIpc) is 3.33. The first-order chi connectivity index (χ1) is 16.5. The third-order valence-electron chi connectivity index (χ3n) is 5.83. The van der Waals surface area contributed by atoms with Gasteiger partial charge in [0.2, 0.25) is 0 Å². The summed E-state index contributed by atoms with van der Waals surface area (Å²) in [5.74, 6) is 0. The van der Waals surface area contributed by atoms with Crippen molar-refractivity contribution in [2.45, 2.75) is 13.5 Å². The van der Waals surface area contributed by atoms with Gasteiger partial charge in [-0.1, -0.05) is 36.4 Å². The number of nitrogens with zero attached hydrogens (tertiary/aromatic N) is 3. The monoisotopic (exact) mass is 450 g/mol. The molecule has 6 heteroatoms. The summed E-state index contributed by atoms with van der Waals surface area (Å²) < 4.78 is 0. The van der Waals surface area contributed by atoms with Crippen LogP contribution in [0, 0.1) is 18.3 Å². The quantitative estimate of drug-likeness (QED) is 0.301. The number of H-pyrrole nitrogens is 1. The molecule has 0 atom stereocenters. The van der Waals surface area contributed by atoms with Crippen molar-refractivity contribution in [1.29, 1.82) is 5.26 Å². The fourth-order valence-corrected chi connectivity index (χ4v) is 3.91. The molecule has 172 valence electrons. The molecule has 0 unspecified atom stereocenters. The van der Waals surface area contributed by atoms with E-state index in [-0.39, 0.29) is 0 Å². The minimum atomic E-state index is 0.509. The maximum Gasteiger partial charge on any atom is 0.103 e. The zero-order valence-corrected chi connectivity index (χ0v) is 19.9. The second-order valence-electron chi connectivity index (χ2n) is 8.62. The zero-order valence-electron chi connectivity index (χ0n) is 19.9. The number of benzene rings is 2. The fourth-order valence-electron chi connectivity index (χ4n) is 3.91. The van der Waals surface area contributed by atoms with Crippen LogP contribution in [-0.4, -0.2) is 42.1 Å². The van der Waals surface area contributed by atoms with Gasteiger partial charge in [-0.3, -0.25) is 4.98 Å². The number of aromatic nitrogens is 2. The maximum atomic E-state index is 9.72. The largest absolute Gasteiger partial charge is 0.361 e. The minimum Gasteiger partial charge on any atom is -0.361 e. The Morgan fingerprint density at radius 2 is 2.00 bits per heavy atom. The van der Waals surface area contributed by atoms with Crippen molar-refractivity contribution in [3.8, 4) is 6.07 Å². The van der Waals surface area contributed by atoms with Crippen molar-refractivity contribution in [3.63, 3.8) is 0 Å². The van der Waals surface area contributed by atoms with Crippen LogP contribution in [0.4, 0.5) is 11.4 Å². The van der Waals surface area contributed by atoms with Crippen molar-refractivity contribution >= 4 is 34.4 Å². The highest BCUT2D eigenvalue weighted by atomic mass is 15.1. The van der Waals surface area contributed by atoms with Crippen LogP contribution < -0.4 is 10.6 Å². The van der Waals surface area contributed by atoms with E-state index in [1.54, 1.807) is 12.4 Å². The second kappa shape index (κ2) is 10.8. The summed E-state index contributed by atoms with van der Waals surface area (Å²) in [4.78, 5) is 9.69. The summed E-state index contributed by atoms with van der Waals surface area (Å²) in [7, 11) is 4.15. The molecular weight excluding hydrogens is 420 g/mol. The molecule has 0 amide bonds. The molecule has 0 saturated heterocycles. The Morgan fingerprint density at radius 3 is 2.82 bits per heavy atom. The van der Waals surface area contributed by atoms with E-state index in [1.807, 2.05) is 24.4 Å². The topological polar surface area (TPSA) is 79.8 Å². The summed E-state index contributed by atoms with van der Waals surface area (Å²) in [6.45, 7) is 4.87. The van der Waals surface area contributed by atoms with Gasteiger partial charge < -0.3 is 20.5 Å². The van der Waals surface area contributed by atoms with E-state index in [9.17, 15) is 5.26 Å². The van der Waals surface area contributed by atoms with Crippen molar-refractivity contribution in [1.82, 2.24) is 20.2 Å². The second-order valence-corrected chi connectivity index (χ2v) is 8.62. The number of likely N-dealkylation sites (N-methyl/N-ethyl adjacent to an activating group) is 1. The van der Waals surface area contributed by atoms with E-state index in [2.05, 4.69) is 89.0 Å². The first-order valence-electron chi connectivity index (χ1n) is 11.4. The number of nitrogens with one attached hydrogen (secondary N) is 3. The average molecular weight is 451 g/mol. The van der Waals surface area contributed by atoms with Crippen molar-refractivity contribution in [2.24, 2.45) is 0 Å². The third kappa shape index (κ3) is 5.52. The lowest BCUT2D eigenvalue weighted by Crippen LogP contribution is -2.26. The van der Waals surface area contributed by atoms with E-state index in [0.717, 1.165) is 58.6 Å². The lowest BCUT2D eigenvalue weighted by molar-refractivity contribution is 0.400. The predicted molar refractivity (Wildman–Crippen MR) is 141 cm³/mol. The Balaban J connectivity index is 1.56. The number of nitriles is 1. The first-order valence-corrected chi connectivity index (χ1v) is 11.4. The Labute approximate surface area is 201 Å². The molecule has 2 aromatic heterocycles. The van der Waals surface area contributed by atoms with Gasteiger partial charge in [0.05, 0.1) is 11.3 Å². The number of hydrogen-bond acceptors (Lipinski definition) is 5. The number of aryl methyl sites for hydroxylation is 1. The highest BCUT2D eigenvalue weighted by Gasteiger charge is 2.11. The van der Waals surface area contributed by atoms with Crippen LogP contribution in [0.3, 0.4) is 0 Å². The van der Waals surface area contributed by atoms with Gasteiger partial charge in [-0.05, 0) is 55.9 Å². The molecule has 0 fully saturated rings. The summed E-state index contributed by atoms with van der Waals surface area (Å²) >= 11 is 0. The lowest BCUT2D eigenvalue weighted by atomic mass is 10.1. The first kappa shape index (κ1) is 23.2. The van der Waals surface area contributed by atoms with Gasteiger partial charge in [0.15, 0.2) is 0 Å². The van der Waals surface area contributed by atoms with Gasteiger partial charge in [0.1, 0.15) is 6.07 Å². The number of rotatable bonds is 9. The molecule has 0 aliphatic carbocycles. The van der Waals surface area contributed by atoms with Crippen LogP contribution in [0.25, 0.3) is 23.1 Å². The maximum absolute atomic E-state index is 9.72. The molecular formula is C28H30N6. The summed E-state index contributed by atoms with van der Waals surface area (Å²) in [5.41, 5.74) is 7.65. The Hall–Kier alpha value is -3.92. The van der Waals surface area contributed by atoms with Gasteiger partial charge in [0, 0.05) is 60.4 Å². The van der Waals surface area contributed by atoms with Crippen LogP contribution >= 0.6 is 0 Å². The Morgan fingerprint density at radius 1 is 1.12 bits per heavy atom. The zero-order chi connectivity index (χ0) is 23.9. The van der Waals surface area contributed by atoms with Crippen molar-refractivity contribution in [3.05, 3.63) is 88.9 Å². The molecule has 0 aliphatic rings. The summed E-state index contributed by atoms with van der Waals surface area (Å²) in [5, 5.41) is 17.8. The lowest BCUT2D eigenvalue weighted by Gasteiger charge is -2.14. The molecule has 4 rings (SSSR count). The smallest absolute Gasteiger partial charge is 0.103 e. The van der Waals surface area contributed by atoms with E-state index in [4.69, 9.17) is 0 Å². The number of pyridine rings is 1. The Kier molecular flexibility index (Phi) is 7.38. The SMILES string of the molecule is Cc1c(Nc2c(C#N)cncc2/C=C/c2cccc(CNCCN(C)C)c2)ccc2[nH]ccc12.